The van der Waals surface area contributed by atoms with Crippen LogP contribution in [0.5, 0.6) is 0 Å². The van der Waals surface area contributed by atoms with Crippen LogP contribution in [0.2, 0.25) is 0 Å². The number of aryl methyl sites for hydroxylation is 1. The lowest BCUT2D eigenvalue weighted by molar-refractivity contribution is -0.121. The van der Waals surface area contributed by atoms with Gasteiger partial charge in [0.2, 0.25) is 5.91 Å². The number of para-hydroxylation sites is 1. The summed E-state index contributed by atoms with van der Waals surface area (Å²) in [6.07, 6.45) is 2.39. The number of sulfone groups is 1. The van der Waals surface area contributed by atoms with Crippen LogP contribution in [0.1, 0.15) is 11.4 Å². The standard InChI is InChI=1S/C14H14N2O3S2/c17-13(15-10-7-8-21(18,19)9-10)5-6-14-16-11-3-1-2-4-12(11)20-14/h1-4,7-8,10H,5-6,9H2,(H,15,17)/t10-/m0/s1. The molecule has 3 rings (SSSR count). The smallest absolute Gasteiger partial charge is 0.220 e. The topological polar surface area (TPSA) is 76.1 Å². The minimum Gasteiger partial charge on any atom is -0.349 e. The van der Waals surface area contributed by atoms with Gasteiger partial charge >= 0.3 is 0 Å². The maximum absolute atomic E-state index is 11.8. The number of benzene rings is 1. The molecule has 0 aliphatic carbocycles. The summed E-state index contributed by atoms with van der Waals surface area (Å²) in [5.41, 5.74) is 0.947. The van der Waals surface area contributed by atoms with Gasteiger partial charge in [-0.1, -0.05) is 12.1 Å². The van der Waals surface area contributed by atoms with Crippen LogP contribution in [-0.4, -0.2) is 31.1 Å². The van der Waals surface area contributed by atoms with Crippen LogP contribution in [0.3, 0.4) is 0 Å². The van der Waals surface area contributed by atoms with E-state index in [9.17, 15) is 13.2 Å². The van der Waals surface area contributed by atoms with Gasteiger partial charge in [-0.25, -0.2) is 13.4 Å². The fourth-order valence-corrected chi connectivity index (χ4v) is 4.39. The van der Waals surface area contributed by atoms with E-state index in [4.69, 9.17) is 0 Å². The molecule has 1 aliphatic heterocycles. The van der Waals surface area contributed by atoms with E-state index in [1.807, 2.05) is 24.3 Å². The molecule has 2 aromatic rings. The van der Waals surface area contributed by atoms with Crippen LogP contribution >= 0.6 is 11.3 Å². The maximum atomic E-state index is 11.8. The Morgan fingerprint density at radius 1 is 1.38 bits per heavy atom. The highest BCUT2D eigenvalue weighted by atomic mass is 32.2. The second-order valence-electron chi connectivity index (χ2n) is 4.91. The average Bonchev–Trinajstić information content (AvgIpc) is 2.99. The lowest BCUT2D eigenvalue weighted by Crippen LogP contribution is -2.35. The average molecular weight is 322 g/mol. The molecule has 21 heavy (non-hydrogen) atoms. The highest BCUT2D eigenvalue weighted by molar-refractivity contribution is 7.94. The van der Waals surface area contributed by atoms with Gasteiger partial charge in [-0.05, 0) is 18.2 Å². The van der Waals surface area contributed by atoms with E-state index in [1.54, 1.807) is 11.3 Å². The summed E-state index contributed by atoms with van der Waals surface area (Å²) in [6, 6.07) is 7.45. The molecule has 0 radical (unpaired) electrons. The van der Waals surface area contributed by atoms with Gasteiger partial charge < -0.3 is 5.32 Å². The molecule has 0 unspecified atom stereocenters. The predicted molar refractivity (Wildman–Crippen MR) is 82.8 cm³/mol. The Morgan fingerprint density at radius 3 is 2.90 bits per heavy atom. The number of thiazole rings is 1. The molecule has 0 spiro atoms. The summed E-state index contributed by atoms with van der Waals surface area (Å²) in [4.78, 5) is 16.3. The number of hydrogen-bond donors (Lipinski definition) is 1. The summed E-state index contributed by atoms with van der Waals surface area (Å²) >= 11 is 1.58. The zero-order valence-electron chi connectivity index (χ0n) is 11.2. The summed E-state index contributed by atoms with van der Waals surface area (Å²) in [5.74, 6) is -0.194. The predicted octanol–water partition coefficient (Wildman–Crippen LogP) is 1.66. The van der Waals surface area contributed by atoms with Crippen molar-refractivity contribution in [2.75, 3.05) is 5.75 Å². The molecule has 5 nitrogen and oxygen atoms in total. The summed E-state index contributed by atoms with van der Waals surface area (Å²) < 4.78 is 23.6. The molecule has 0 fully saturated rings. The molecule has 1 amide bonds. The monoisotopic (exact) mass is 322 g/mol. The van der Waals surface area contributed by atoms with E-state index in [0.29, 0.717) is 12.8 Å². The zero-order valence-corrected chi connectivity index (χ0v) is 12.8. The molecule has 1 atom stereocenters. The van der Waals surface area contributed by atoms with Crippen molar-refractivity contribution in [2.45, 2.75) is 18.9 Å². The second kappa shape index (κ2) is 5.57. The largest absolute Gasteiger partial charge is 0.349 e. The minimum atomic E-state index is -3.13. The molecule has 1 aliphatic rings. The van der Waals surface area contributed by atoms with Crippen molar-refractivity contribution in [1.29, 1.82) is 0 Å². The van der Waals surface area contributed by atoms with Crippen molar-refractivity contribution >= 4 is 37.3 Å². The van der Waals surface area contributed by atoms with Crippen molar-refractivity contribution in [2.24, 2.45) is 0 Å². The van der Waals surface area contributed by atoms with Gasteiger partial charge in [0.05, 0.1) is 27.0 Å². The zero-order chi connectivity index (χ0) is 14.9. The Balaban J connectivity index is 1.55. The lowest BCUT2D eigenvalue weighted by atomic mass is 10.2. The fourth-order valence-electron chi connectivity index (χ4n) is 2.19. The van der Waals surface area contributed by atoms with Crippen molar-refractivity contribution in [3.8, 4) is 0 Å². The second-order valence-corrected chi connectivity index (χ2v) is 7.95. The summed E-state index contributed by atoms with van der Waals surface area (Å²) in [6.45, 7) is 0. The van der Waals surface area contributed by atoms with Crippen LogP contribution in [0.15, 0.2) is 35.7 Å². The van der Waals surface area contributed by atoms with Crippen LogP contribution in [0.4, 0.5) is 0 Å². The number of rotatable bonds is 4. The minimum absolute atomic E-state index is 0.0418. The van der Waals surface area contributed by atoms with Crippen LogP contribution in [-0.2, 0) is 21.1 Å². The summed E-state index contributed by atoms with van der Waals surface area (Å²) in [7, 11) is -3.13. The number of hydrogen-bond acceptors (Lipinski definition) is 5. The number of fused-ring (bicyclic) bond motifs is 1. The van der Waals surface area contributed by atoms with Gasteiger partial charge in [-0.3, -0.25) is 4.79 Å². The molecule has 0 saturated carbocycles. The Morgan fingerprint density at radius 2 is 2.19 bits per heavy atom. The molecule has 1 N–H and O–H groups in total. The molecular weight excluding hydrogens is 308 g/mol. The van der Waals surface area contributed by atoms with Crippen molar-refractivity contribution < 1.29 is 13.2 Å². The number of nitrogens with one attached hydrogen (secondary N) is 1. The highest BCUT2D eigenvalue weighted by Gasteiger charge is 2.22. The number of nitrogens with zero attached hydrogens (tertiary/aromatic N) is 1. The van der Waals surface area contributed by atoms with Crippen molar-refractivity contribution in [3.63, 3.8) is 0 Å². The van der Waals surface area contributed by atoms with Gasteiger partial charge in [0.15, 0.2) is 9.84 Å². The SMILES string of the molecule is O=C(CCc1nc2ccccc2s1)N[C@H]1C=CS(=O)(=O)C1. The van der Waals surface area contributed by atoms with E-state index in [1.165, 1.54) is 6.08 Å². The highest BCUT2D eigenvalue weighted by Crippen LogP contribution is 2.22. The fraction of sp³-hybridized carbons (Fsp3) is 0.286. The van der Waals surface area contributed by atoms with E-state index in [0.717, 1.165) is 20.6 Å². The van der Waals surface area contributed by atoms with Crippen molar-refractivity contribution in [1.82, 2.24) is 10.3 Å². The third kappa shape index (κ3) is 3.48. The third-order valence-corrected chi connectivity index (χ3v) is 5.67. The van der Waals surface area contributed by atoms with Gasteiger partial charge in [-0.15, -0.1) is 11.3 Å². The normalized spacial score (nSPS) is 19.9. The van der Waals surface area contributed by atoms with Crippen molar-refractivity contribution in [3.05, 3.63) is 40.8 Å². The number of aromatic nitrogens is 1. The molecule has 1 aromatic heterocycles. The Hall–Kier alpha value is -1.73. The van der Waals surface area contributed by atoms with Crippen LogP contribution in [0, 0.1) is 0 Å². The van der Waals surface area contributed by atoms with E-state index < -0.39 is 15.9 Å². The molecule has 0 saturated heterocycles. The third-order valence-electron chi connectivity index (χ3n) is 3.18. The van der Waals surface area contributed by atoms with Crippen LogP contribution in [0.25, 0.3) is 10.2 Å². The summed E-state index contributed by atoms with van der Waals surface area (Å²) in [5, 5.41) is 4.79. The first kappa shape index (κ1) is 14.2. The molecule has 110 valence electrons. The lowest BCUT2D eigenvalue weighted by Gasteiger charge is -2.09. The van der Waals surface area contributed by atoms with Crippen LogP contribution < -0.4 is 5.32 Å². The quantitative estimate of drug-likeness (QED) is 0.929. The first-order chi connectivity index (χ1) is 10.0. The van der Waals surface area contributed by atoms with Gasteiger partial charge in [0, 0.05) is 18.2 Å². The maximum Gasteiger partial charge on any atom is 0.220 e. The van der Waals surface area contributed by atoms with E-state index in [2.05, 4.69) is 10.3 Å². The molecular formula is C14H14N2O3S2. The number of carbonyl (C=O) groups is 1. The molecule has 0 bridgehead atoms. The van der Waals surface area contributed by atoms with E-state index in [-0.39, 0.29) is 11.7 Å². The molecule has 7 heteroatoms. The van der Waals surface area contributed by atoms with Gasteiger partial charge in [0.1, 0.15) is 0 Å². The Kier molecular flexibility index (Phi) is 3.77. The Bertz CT molecular complexity index is 775. The number of amides is 1. The number of carbonyl (C=O) groups excluding carboxylic acids is 1. The van der Waals surface area contributed by atoms with Gasteiger partial charge in [-0.2, -0.15) is 0 Å². The molecule has 1 aromatic carbocycles. The van der Waals surface area contributed by atoms with E-state index >= 15 is 0 Å². The Labute approximate surface area is 126 Å². The first-order valence-corrected chi connectivity index (χ1v) is 9.10. The van der Waals surface area contributed by atoms with Gasteiger partial charge in [0.25, 0.3) is 0 Å². The molecule has 2 heterocycles. The first-order valence-electron chi connectivity index (χ1n) is 6.57.